The predicted octanol–water partition coefficient (Wildman–Crippen LogP) is 3.42. The van der Waals surface area contributed by atoms with E-state index in [1.54, 1.807) is 42.6 Å². The molecule has 31 heavy (non-hydrogen) atoms. The predicted molar refractivity (Wildman–Crippen MR) is 121 cm³/mol. The summed E-state index contributed by atoms with van der Waals surface area (Å²) in [5.74, 6) is 0.619. The van der Waals surface area contributed by atoms with Crippen molar-refractivity contribution in [2.24, 2.45) is 0 Å². The van der Waals surface area contributed by atoms with E-state index in [1.165, 1.54) is 0 Å². The molecule has 0 atom stereocenters. The van der Waals surface area contributed by atoms with Crippen molar-refractivity contribution in [1.82, 2.24) is 10.2 Å². The molecule has 2 heterocycles. The maximum atomic E-state index is 12.6. The van der Waals surface area contributed by atoms with Gasteiger partial charge in [0.25, 0.3) is 10.0 Å². The number of aromatic nitrogens is 2. The van der Waals surface area contributed by atoms with Gasteiger partial charge in [-0.2, -0.15) is 5.10 Å². The van der Waals surface area contributed by atoms with Gasteiger partial charge >= 0.3 is 0 Å². The minimum Gasteiger partial charge on any atom is -0.378 e. The molecule has 1 aliphatic heterocycles. The third-order valence-electron chi connectivity index (χ3n) is 5.07. The quantitative estimate of drug-likeness (QED) is 0.582. The van der Waals surface area contributed by atoms with Crippen LogP contribution in [0.2, 0.25) is 0 Å². The molecule has 0 unspecified atom stereocenters. The fraction of sp³-hybridized carbons (Fsp3) is 0.273. The van der Waals surface area contributed by atoms with Gasteiger partial charge in [-0.3, -0.25) is 4.72 Å². The first-order valence-electron chi connectivity index (χ1n) is 10.2. The number of aryl methyl sites for hydroxylation is 1. The number of morpholine rings is 1. The highest BCUT2D eigenvalue weighted by molar-refractivity contribution is 7.92. The number of benzene rings is 2. The normalized spacial score (nSPS) is 14.3. The Morgan fingerprint density at radius 1 is 1.00 bits per heavy atom. The Hall–Kier alpha value is -3.17. The molecular formula is C22H25N5O3S. The molecule has 9 heteroatoms. The maximum Gasteiger partial charge on any atom is 0.261 e. The summed E-state index contributed by atoms with van der Waals surface area (Å²) >= 11 is 0. The average Bonchev–Trinajstić information content (AvgIpc) is 2.81. The minimum atomic E-state index is -3.64. The third-order valence-corrected chi connectivity index (χ3v) is 6.46. The largest absolute Gasteiger partial charge is 0.378 e. The molecule has 0 saturated carbocycles. The number of nitrogens with zero attached hydrogens (tertiary/aromatic N) is 3. The lowest BCUT2D eigenvalue weighted by Gasteiger charge is -2.28. The van der Waals surface area contributed by atoms with Gasteiger partial charge in [0.2, 0.25) is 0 Å². The molecule has 2 N–H and O–H groups in total. The Labute approximate surface area is 182 Å². The Balaban J connectivity index is 1.42. The van der Waals surface area contributed by atoms with Crippen LogP contribution in [0.4, 0.5) is 22.9 Å². The lowest BCUT2D eigenvalue weighted by atomic mass is 10.2. The zero-order valence-corrected chi connectivity index (χ0v) is 18.1. The fourth-order valence-electron chi connectivity index (χ4n) is 3.30. The lowest BCUT2D eigenvalue weighted by Crippen LogP contribution is -2.36. The summed E-state index contributed by atoms with van der Waals surface area (Å²) in [6.45, 7) is 5.07. The first-order valence-corrected chi connectivity index (χ1v) is 11.7. The van der Waals surface area contributed by atoms with Gasteiger partial charge < -0.3 is 15.0 Å². The number of rotatable bonds is 7. The second kappa shape index (κ2) is 9.32. The number of hydrogen-bond acceptors (Lipinski definition) is 7. The van der Waals surface area contributed by atoms with Crippen LogP contribution in [0.1, 0.15) is 12.5 Å². The van der Waals surface area contributed by atoms with Gasteiger partial charge in [0, 0.05) is 30.5 Å². The first-order chi connectivity index (χ1) is 15.0. The maximum absolute atomic E-state index is 12.6. The standard InChI is InChI=1S/C22H25N5O3S/c1-2-17-3-9-21(10-4-17)31(28,29)26-19-7-5-18(6-8-19)24-22-15-20(16-23-25-22)27-11-13-30-14-12-27/h3-10,15-16,26H,2,11-14H2,1H3,(H,24,25). The third kappa shape index (κ3) is 5.31. The van der Waals surface area contributed by atoms with Gasteiger partial charge in [0.15, 0.2) is 5.82 Å². The molecule has 4 rings (SSSR count). The van der Waals surface area contributed by atoms with Gasteiger partial charge in [-0.25, -0.2) is 8.42 Å². The highest BCUT2D eigenvalue weighted by Gasteiger charge is 2.15. The van der Waals surface area contributed by atoms with E-state index in [4.69, 9.17) is 4.74 Å². The molecule has 8 nitrogen and oxygen atoms in total. The monoisotopic (exact) mass is 439 g/mol. The lowest BCUT2D eigenvalue weighted by molar-refractivity contribution is 0.122. The van der Waals surface area contributed by atoms with E-state index in [-0.39, 0.29) is 4.90 Å². The molecule has 0 bridgehead atoms. The van der Waals surface area contributed by atoms with Gasteiger partial charge in [0.05, 0.1) is 30.0 Å². The summed E-state index contributed by atoms with van der Waals surface area (Å²) in [6, 6.07) is 15.8. The zero-order chi connectivity index (χ0) is 21.7. The summed E-state index contributed by atoms with van der Waals surface area (Å²) in [5.41, 5.74) is 3.34. The van der Waals surface area contributed by atoms with Gasteiger partial charge in [0.1, 0.15) is 0 Å². The molecule has 1 saturated heterocycles. The Morgan fingerprint density at radius 2 is 1.68 bits per heavy atom. The van der Waals surface area contributed by atoms with Crippen LogP contribution in [0.3, 0.4) is 0 Å². The van der Waals surface area contributed by atoms with Crippen LogP contribution in [-0.2, 0) is 21.2 Å². The molecule has 0 spiro atoms. The first kappa shape index (κ1) is 21.1. The number of anilines is 4. The van der Waals surface area contributed by atoms with E-state index >= 15 is 0 Å². The van der Waals surface area contributed by atoms with Crippen molar-refractivity contribution in [3.63, 3.8) is 0 Å². The summed E-state index contributed by atoms with van der Waals surface area (Å²) in [5, 5.41) is 11.4. The van der Waals surface area contributed by atoms with E-state index in [0.29, 0.717) is 24.7 Å². The summed E-state index contributed by atoms with van der Waals surface area (Å²) < 4.78 is 33.2. The molecule has 0 aliphatic carbocycles. The molecule has 0 radical (unpaired) electrons. The van der Waals surface area contributed by atoms with Crippen molar-refractivity contribution in [1.29, 1.82) is 0 Å². The van der Waals surface area contributed by atoms with Crippen LogP contribution in [0.25, 0.3) is 0 Å². The summed E-state index contributed by atoms with van der Waals surface area (Å²) in [7, 11) is -3.64. The molecular weight excluding hydrogens is 414 g/mol. The van der Waals surface area contributed by atoms with Crippen molar-refractivity contribution in [2.75, 3.05) is 41.2 Å². The highest BCUT2D eigenvalue weighted by atomic mass is 32.2. The van der Waals surface area contributed by atoms with E-state index in [1.807, 2.05) is 25.1 Å². The van der Waals surface area contributed by atoms with E-state index in [2.05, 4.69) is 25.1 Å². The molecule has 1 aliphatic rings. The molecule has 2 aromatic carbocycles. The number of hydrogen-bond donors (Lipinski definition) is 2. The van der Waals surface area contributed by atoms with Crippen molar-refractivity contribution < 1.29 is 13.2 Å². The van der Waals surface area contributed by atoms with Crippen molar-refractivity contribution >= 4 is 32.9 Å². The second-order valence-corrected chi connectivity index (χ2v) is 8.89. The van der Waals surface area contributed by atoms with Crippen LogP contribution in [0.15, 0.2) is 65.7 Å². The summed E-state index contributed by atoms with van der Waals surface area (Å²) in [6.07, 6.45) is 2.60. The van der Waals surface area contributed by atoms with Gasteiger partial charge in [-0.05, 0) is 48.4 Å². The fourth-order valence-corrected chi connectivity index (χ4v) is 4.36. The minimum absolute atomic E-state index is 0.238. The molecule has 162 valence electrons. The van der Waals surface area contributed by atoms with E-state index < -0.39 is 10.0 Å². The van der Waals surface area contributed by atoms with E-state index in [0.717, 1.165) is 36.4 Å². The van der Waals surface area contributed by atoms with Crippen molar-refractivity contribution in [2.45, 2.75) is 18.2 Å². The van der Waals surface area contributed by atoms with Crippen LogP contribution < -0.4 is 14.9 Å². The number of ether oxygens (including phenoxy) is 1. The Bertz CT molecular complexity index is 1110. The molecule has 1 aromatic heterocycles. The molecule has 3 aromatic rings. The molecule has 0 amide bonds. The number of nitrogens with one attached hydrogen (secondary N) is 2. The number of sulfonamides is 1. The van der Waals surface area contributed by atoms with Gasteiger partial charge in [-0.15, -0.1) is 5.10 Å². The average molecular weight is 440 g/mol. The smallest absolute Gasteiger partial charge is 0.261 e. The van der Waals surface area contributed by atoms with Crippen LogP contribution in [0.5, 0.6) is 0 Å². The van der Waals surface area contributed by atoms with Crippen molar-refractivity contribution in [3.05, 3.63) is 66.4 Å². The Kier molecular flexibility index (Phi) is 6.34. The van der Waals surface area contributed by atoms with E-state index in [9.17, 15) is 8.42 Å². The second-order valence-electron chi connectivity index (χ2n) is 7.20. The SMILES string of the molecule is CCc1ccc(S(=O)(=O)Nc2ccc(Nc3cc(N4CCOCC4)cnn3)cc2)cc1. The molecule has 1 fully saturated rings. The van der Waals surface area contributed by atoms with Gasteiger partial charge in [-0.1, -0.05) is 19.1 Å². The summed E-state index contributed by atoms with van der Waals surface area (Å²) in [4.78, 5) is 2.44. The van der Waals surface area contributed by atoms with Crippen LogP contribution in [-0.4, -0.2) is 44.9 Å². The van der Waals surface area contributed by atoms with Crippen LogP contribution >= 0.6 is 0 Å². The van der Waals surface area contributed by atoms with Crippen LogP contribution in [0, 0.1) is 0 Å². The Morgan fingerprint density at radius 3 is 2.35 bits per heavy atom. The van der Waals surface area contributed by atoms with Crippen molar-refractivity contribution in [3.8, 4) is 0 Å². The highest BCUT2D eigenvalue weighted by Crippen LogP contribution is 2.23. The topological polar surface area (TPSA) is 96.5 Å². The zero-order valence-electron chi connectivity index (χ0n) is 17.3.